The van der Waals surface area contributed by atoms with E-state index in [1.807, 2.05) is 29.9 Å². The standard InChI is InChI=1S/C25H26FN5O2/c1-30-14-12-27-24(30)17-33-22-10-8-18(9-11-22)25(32)31(2)13-4-7-21-16-23(29-28-21)19-5-3-6-20(26)15-19/h3,5-6,8-12,14-16H,4,7,13,17H2,1-2H3,(H,28,29). The number of rotatable bonds is 9. The number of aryl methyl sites for hydroxylation is 2. The Kier molecular flexibility index (Phi) is 6.83. The summed E-state index contributed by atoms with van der Waals surface area (Å²) in [6.45, 7) is 0.968. The molecule has 0 saturated heterocycles. The van der Waals surface area contributed by atoms with E-state index in [-0.39, 0.29) is 11.7 Å². The summed E-state index contributed by atoms with van der Waals surface area (Å²) in [5, 5.41) is 7.26. The van der Waals surface area contributed by atoms with Gasteiger partial charge in [-0.3, -0.25) is 9.89 Å². The van der Waals surface area contributed by atoms with Crippen molar-refractivity contribution in [2.45, 2.75) is 19.4 Å². The van der Waals surface area contributed by atoms with Gasteiger partial charge in [-0.05, 0) is 55.3 Å². The maximum absolute atomic E-state index is 13.4. The van der Waals surface area contributed by atoms with E-state index >= 15 is 0 Å². The highest BCUT2D eigenvalue weighted by molar-refractivity contribution is 5.94. The van der Waals surface area contributed by atoms with E-state index in [1.165, 1.54) is 12.1 Å². The SMILES string of the molecule is CN(CCCc1cc(-c2cccc(F)c2)n[nH]1)C(=O)c1ccc(OCc2nccn2C)cc1. The molecule has 2 aromatic heterocycles. The summed E-state index contributed by atoms with van der Waals surface area (Å²) in [5.74, 6) is 1.18. The second-order valence-corrected chi connectivity index (χ2v) is 7.89. The van der Waals surface area contributed by atoms with Crippen molar-refractivity contribution in [3.63, 3.8) is 0 Å². The van der Waals surface area contributed by atoms with Crippen LogP contribution in [0.25, 0.3) is 11.3 Å². The molecule has 0 aliphatic heterocycles. The first-order chi connectivity index (χ1) is 16.0. The minimum Gasteiger partial charge on any atom is -0.486 e. The van der Waals surface area contributed by atoms with E-state index in [9.17, 15) is 9.18 Å². The molecule has 2 aromatic carbocycles. The van der Waals surface area contributed by atoms with Crippen molar-refractivity contribution in [2.75, 3.05) is 13.6 Å². The first-order valence-corrected chi connectivity index (χ1v) is 10.7. The van der Waals surface area contributed by atoms with E-state index in [1.54, 1.807) is 48.5 Å². The molecule has 7 nitrogen and oxygen atoms in total. The molecule has 0 spiro atoms. The molecule has 0 fully saturated rings. The molecule has 4 aromatic rings. The Morgan fingerprint density at radius 3 is 2.73 bits per heavy atom. The molecule has 0 saturated carbocycles. The molecule has 0 aliphatic carbocycles. The summed E-state index contributed by atoms with van der Waals surface area (Å²) >= 11 is 0. The largest absolute Gasteiger partial charge is 0.486 e. The Balaban J connectivity index is 1.25. The molecule has 170 valence electrons. The second-order valence-electron chi connectivity index (χ2n) is 7.89. The summed E-state index contributed by atoms with van der Waals surface area (Å²) in [4.78, 5) is 18.7. The summed E-state index contributed by atoms with van der Waals surface area (Å²) in [5.41, 5.74) is 3.00. The number of carbonyl (C=O) groups excluding carboxylic acids is 1. The topological polar surface area (TPSA) is 76.0 Å². The average molecular weight is 448 g/mol. The lowest BCUT2D eigenvalue weighted by Gasteiger charge is -2.17. The van der Waals surface area contributed by atoms with E-state index in [4.69, 9.17) is 4.74 Å². The van der Waals surface area contributed by atoms with Gasteiger partial charge in [0.15, 0.2) is 0 Å². The molecular weight excluding hydrogens is 421 g/mol. The molecule has 4 rings (SSSR count). The van der Waals surface area contributed by atoms with Gasteiger partial charge in [-0.15, -0.1) is 0 Å². The van der Waals surface area contributed by atoms with Crippen LogP contribution in [0.2, 0.25) is 0 Å². The van der Waals surface area contributed by atoms with Crippen LogP contribution in [-0.2, 0) is 20.1 Å². The molecule has 0 bridgehead atoms. The number of nitrogens with zero attached hydrogens (tertiary/aromatic N) is 4. The Hall–Kier alpha value is -3.94. The summed E-state index contributed by atoms with van der Waals surface area (Å²) in [6, 6.07) is 15.4. The number of nitrogens with one attached hydrogen (secondary N) is 1. The third-order valence-electron chi connectivity index (χ3n) is 5.43. The summed E-state index contributed by atoms with van der Waals surface area (Å²) in [6.07, 6.45) is 5.11. The van der Waals surface area contributed by atoms with E-state index in [2.05, 4.69) is 15.2 Å². The zero-order valence-corrected chi connectivity index (χ0v) is 18.7. The zero-order chi connectivity index (χ0) is 23.2. The van der Waals surface area contributed by atoms with Gasteiger partial charge >= 0.3 is 0 Å². The van der Waals surface area contributed by atoms with Crippen LogP contribution in [0.4, 0.5) is 4.39 Å². The Labute approximate surface area is 191 Å². The van der Waals surface area contributed by atoms with Gasteiger partial charge in [0.05, 0.1) is 5.69 Å². The van der Waals surface area contributed by atoms with Gasteiger partial charge in [-0.2, -0.15) is 5.10 Å². The number of aromatic amines is 1. The number of carbonyl (C=O) groups is 1. The van der Waals surface area contributed by atoms with Crippen LogP contribution in [0.5, 0.6) is 5.75 Å². The first-order valence-electron chi connectivity index (χ1n) is 10.7. The lowest BCUT2D eigenvalue weighted by Crippen LogP contribution is -2.28. The number of amides is 1. The predicted octanol–water partition coefficient (Wildman–Crippen LogP) is 4.23. The van der Waals surface area contributed by atoms with E-state index in [0.29, 0.717) is 30.2 Å². The molecule has 33 heavy (non-hydrogen) atoms. The van der Waals surface area contributed by atoms with Gasteiger partial charge < -0.3 is 14.2 Å². The van der Waals surface area contributed by atoms with Gasteiger partial charge in [0.2, 0.25) is 0 Å². The number of aromatic nitrogens is 4. The van der Waals surface area contributed by atoms with Crippen LogP contribution in [0.15, 0.2) is 67.0 Å². The van der Waals surface area contributed by atoms with Crippen LogP contribution in [0, 0.1) is 5.82 Å². The molecule has 0 radical (unpaired) electrons. The molecule has 1 N–H and O–H groups in total. The summed E-state index contributed by atoms with van der Waals surface area (Å²) < 4.78 is 21.1. The maximum Gasteiger partial charge on any atom is 0.253 e. The molecule has 1 amide bonds. The first kappa shape index (κ1) is 22.3. The number of hydrogen-bond donors (Lipinski definition) is 1. The van der Waals surface area contributed by atoms with Crippen LogP contribution < -0.4 is 4.74 Å². The highest BCUT2D eigenvalue weighted by Gasteiger charge is 2.12. The van der Waals surface area contributed by atoms with Crippen molar-refractivity contribution < 1.29 is 13.9 Å². The monoisotopic (exact) mass is 447 g/mol. The Morgan fingerprint density at radius 2 is 2.00 bits per heavy atom. The third-order valence-corrected chi connectivity index (χ3v) is 5.43. The molecular formula is C25H26FN5O2. The van der Waals surface area contributed by atoms with Gasteiger partial charge in [0.25, 0.3) is 5.91 Å². The van der Waals surface area contributed by atoms with Crippen LogP contribution in [0.1, 0.15) is 28.3 Å². The Morgan fingerprint density at radius 1 is 1.18 bits per heavy atom. The maximum atomic E-state index is 13.4. The van der Waals surface area contributed by atoms with Crippen LogP contribution in [-0.4, -0.2) is 44.1 Å². The zero-order valence-electron chi connectivity index (χ0n) is 18.7. The van der Waals surface area contributed by atoms with Crippen LogP contribution >= 0.6 is 0 Å². The van der Waals surface area contributed by atoms with E-state index in [0.717, 1.165) is 29.9 Å². The van der Waals surface area contributed by atoms with Gasteiger partial charge in [0, 0.05) is 49.9 Å². The molecule has 2 heterocycles. The quantitative estimate of drug-likeness (QED) is 0.417. The minimum absolute atomic E-state index is 0.0456. The summed E-state index contributed by atoms with van der Waals surface area (Å²) in [7, 11) is 3.71. The van der Waals surface area contributed by atoms with Gasteiger partial charge in [0.1, 0.15) is 24.0 Å². The number of imidazole rings is 1. The molecule has 0 aliphatic rings. The Bertz CT molecular complexity index is 1220. The highest BCUT2D eigenvalue weighted by Crippen LogP contribution is 2.19. The number of halogens is 1. The van der Waals surface area contributed by atoms with Gasteiger partial charge in [-0.25, -0.2) is 9.37 Å². The minimum atomic E-state index is -0.287. The van der Waals surface area contributed by atoms with Crippen molar-refractivity contribution in [3.8, 4) is 17.0 Å². The van der Waals surface area contributed by atoms with Crippen molar-refractivity contribution in [1.82, 2.24) is 24.6 Å². The smallest absolute Gasteiger partial charge is 0.253 e. The molecule has 0 unspecified atom stereocenters. The van der Waals surface area contributed by atoms with Crippen molar-refractivity contribution >= 4 is 5.91 Å². The second kappa shape index (κ2) is 10.1. The average Bonchev–Trinajstić information content (AvgIpc) is 3.46. The fraction of sp³-hybridized carbons (Fsp3) is 0.240. The third kappa shape index (κ3) is 5.65. The van der Waals surface area contributed by atoms with Crippen molar-refractivity contribution in [2.24, 2.45) is 7.05 Å². The fourth-order valence-corrected chi connectivity index (χ4v) is 3.49. The van der Waals surface area contributed by atoms with Crippen LogP contribution in [0.3, 0.4) is 0 Å². The number of benzene rings is 2. The molecule has 0 atom stereocenters. The lowest BCUT2D eigenvalue weighted by atomic mass is 10.1. The van der Waals surface area contributed by atoms with E-state index < -0.39 is 0 Å². The number of hydrogen-bond acceptors (Lipinski definition) is 4. The van der Waals surface area contributed by atoms with Crippen molar-refractivity contribution in [1.29, 1.82) is 0 Å². The normalized spacial score (nSPS) is 10.9. The molecule has 8 heteroatoms. The fourth-order valence-electron chi connectivity index (χ4n) is 3.49. The number of H-pyrrole nitrogens is 1. The number of ether oxygens (including phenoxy) is 1. The van der Waals surface area contributed by atoms with Crippen molar-refractivity contribution in [3.05, 3.63) is 89.9 Å². The lowest BCUT2D eigenvalue weighted by molar-refractivity contribution is 0.0793. The van der Waals surface area contributed by atoms with Gasteiger partial charge in [-0.1, -0.05) is 12.1 Å². The predicted molar refractivity (Wildman–Crippen MR) is 123 cm³/mol. The highest BCUT2D eigenvalue weighted by atomic mass is 19.1.